The number of imidazole rings is 1. The van der Waals surface area contributed by atoms with Gasteiger partial charge >= 0.3 is 6.09 Å². The van der Waals surface area contributed by atoms with Crippen LogP contribution >= 0.6 is 0 Å². The lowest BCUT2D eigenvalue weighted by atomic mass is 9.95. The maximum absolute atomic E-state index is 13.2. The fourth-order valence-electron chi connectivity index (χ4n) is 4.57. The van der Waals surface area contributed by atoms with Gasteiger partial charge in [0.2, 0.25) is 0 Å². The summed E-state index contributed by atoms with van der Waals surface area (Å²) in [7, 11) is 3.59. The van der Waals surface area contributed by atoms with Gasteiger partial charge in [0.05, 0.1) is 18.8 Å². The molecule has 39 heavy (non-hydrogen) atoms. The molecule has 4 aromatic rings. The van der Waals surface area contributed by atoms with E-state index >= 15 is 0 Å². The summed E-state index contributed by atoms with van der Waals surface area (Å²) < 4.78 is 19.0. The van der Waals surface area contributed by atoms with Gasteiger partial charge in [-0.3, -0.25) is 0 Å². The average molecular weight is 528 g/mol. The number of nitrogens with zero attached hydrogens (tertiary/aromatic N) is 3. The Bertz CT molecular complexity index is 1330. The van der Waals surface area contributed by atoms with E-state index in [1.807, 2.05) is 79.3 Å². The van der Waals surface area contributed by atoms with Crippen LogP contribution in [0.3, 0.4) is 0 Å². The number of carbonyl (C=O) groups excluding carboxylic acids is 1. The summed E-state index contributed by atoms with van der Waals surface area (Å²) in [6, 6.07) is 25.0. The van der Waals surface area contributed by atoms with E-state index in [0.717, 1.165) is 34.8 Å². The summed E-state index contributed by atoms with van der Waals surface area (Å²) >= 11 is 0. The molecule has 0 saturated heterocycles. The van der Waals surface area contributed by atoms with Gasteiger partial charge in [-0.25, -0.2) is 9.78 Å². The first-order valence-corrected chi connectivity index (χ1v) is 13.3. The highest BCUT2D eigenvalue weighted by Crippen LogP contribution is 2.31. The fraction of sp³-hybridized carbons (Fsp3) is 0.312. The molecule has 0 spiro atoms. The van der Waals surface area contributed by atoms with E-state index in [-0.39, 0.29) is 12.1 Å². The maximum atomic E-state index is 13.2. The maximum Gasteiger partial charge on any atom is 0.415 e. The molecule has 0 aliphatic carbocycles. The van der Waals surface area contributed by atoms with Crippen LogP contribution in [0.25, 0.3) is 11.4 Å². The number of aryl methyl sites for hydroxylation is 1. The SMILES string of the molecule is CCN(C(=O)Oc1ccc(OC)cc1)[C@@H](CC(C)C)c1ccc(OCc2cn(C)c(-c3ccccc3)n2)cc1. The molecule has 4 rings (SSSR count). The summed E-state index contributed by atoms with van der Waals surface area (Å²) in [5.74, 6) is 3.23. The molecule has 0 bridgehead atoms. The van der Waals surface area contributed by atoms with Crippen LogP contribution < -0.4 is 14.2 Å². The van der Waals surface area contributed by atoms with Crippen molar-refractivity contribution in [1.82, 2.24) is 14.5 Å². The predicted octanol–water partition coefficient (Wildman–Crippen LogP) is 7.28. The minimum absolute atomic E-state index is 0.126. The van der Waals surface area contributed by atoms with E-state index in [0.29, 0.717) is 30.6 Å². The first-order valence-electron chi connectivity index (χ1n) is 13.3. The topological polar surface area (TPSA) is 65.8 Å². The number of amides is 1. The predicted molar refractivity (Wildman–Crippen MR) is 153 cm³/mol. The van der Waals surface area contributed by atoms with E-state index in [9.17, 15) is 4.79 Å². The number of rotatable bonds is 11. The first-order chi connectivity index (χ1) is 18.9. The van der Waals surface area contributed by atoms with Crippen molar-refractivity contribution < 1.29 is 19.0 Å². The Kier molecular flexibility index (Phi) is 9.26. The van der Waals surface area contributed by atoms with Crippen molar-refractivity contribution in [2.75, 3.05) is 13.7 Å². The van der Waals surface area contributed by atoms with Crippen LogP contribution in [-0.4, -0.2) is 34.2 Å². The third-order valence-electron chi connectivity index (χ3n) is 6.52. The average Bonchev–Trinajstić information content (AvgIpc) is 3.33. The van der Waals surface area contributed by atoms with Crippen molar-refractivity contribution in [2.24, 2.45) is 13.0 Å². The van der Waals surface area contributed by atoms with E-state index < -0.39 is 0 Å². The molecule has 1 heterocycles. The molecule has 0 aliphatic rings. The molecule has 0 radical (unpaired) electrons. The van der Waals surface area contributed by atoms with Crippen molar-refractivity contribution in [2.45, 2.75) is 39.8 Å². The Morgan fingerprint density at radius 3 is 2.18 bits per heavy atom. The van der Waals surface area contributed by atoms with Crippen molar-refractivity contribution >= 4 is 6.09 Å². The minimum atomic E-state index is -0.377. The molecule has 1 atom stereocenters. The highest BCUT2D eigenvalue weighted by atomic mass is 16.6. The molecule has 0 unspecified atom stereocenters. The molecule has 3 aromatic carbocycles. The molecule has 0 N–H and O–H groups in total. The van der Waals surface area contributed by atoms with Gasteiger partial charge in [-0.1, -0.05) is 56.3 Å². The highest BCUT2D eigenvalue weighted by molar-refractivity contribution is 5.71. The zero-order chi connectivity index (χ0) is 27.8. The summed E-state index contributed by atoms with van der Waals surface area (Å²) in [6.07, 6.45) is 2.42. The zero-order valence-corrected chi connectivity index (χ0v) is 23.3. The summed E-state index contributed by atoms with van der Waals surface area (Å²) in [5, 5.41) is 0. The number of hydrogen-bond acceptors (Lipinski definition) is 5. The second-order valence-electron chi connectivity index (χ2n) is 9.87. The van der Waals surface area contributed by atoms with Crippen LogP contribution in [0.5, 0.6) is 17.2 Å². The van der Waals surface area contributed by atoms with Gasteiger partial charge in [0.25, 0.3) is 0 Å². The molecule has 0 fully saturated rings. The Labute approximate surface area is 231 Å². The van der Waals surface area contributed by atoms with Crippen LogP contribution in [0, 0.1) is 5.92 Å². The van der Waals surface area contributed by atoms with Crippen LogP contribution in [0.4, 0.5) is 4.79 Å². The normalized spacial score (nSPS) is 11.7. The summed E-state index contributed by atoms with van der Waals surface area (Å²) in [6.45, 7) is 7.17. The molecule has 7 heteroatoms. The third-order valence-corrected chi connectivity index (χ3v) is 6.52. The van der Waals surface area contributed by atoms with E-state index in [4.69, 9.17) is 19.2 Å². The zero-order valence-electron chi connectivity index (χ0n) is 23.3. The molecule has 204 valence electrons. The van der Waals surface area contributed by atoms with Crippen molar-refractivity contribution in [3.8, 4) is 28.6 Å². The fourth-order valence-corrected chi connectivity index (χ4v) is 4.57. The molecule has 1 amide bonds. The van der Waals surface area contributed by atoms with E-state index in [2.05, 4.69) is 13.8 Å². The lowest BCUT2D eigenvalue weighted by Gasteiger charge is -2.31. The largest absolute Gasteiger partial charge is 0.497 e. The second kappa shape index (κ2) is 13.0. The minimum Gasteiger partial charge on any atom is -0.497 e. The number of aromatic nitrogens is 2. The van der Waals surface area contributed by atoms with Gasteiger partial charge in [0, 0.05) is 25.4 Å². The van der Waals surface area contributed by atoms with Gasteiger partial charge < -0.3 is 23.7 Å². The second-order valence-corrected chi connectivity index (χ2v) is 9.87. The molecule has 0 aliphatic heterocycles. The lowest BCUT2D eigenvalue weighted by molar-refractivity contribution is 0.127. The summed E-state index contributed by atoms with van der Waals surface area (Å²) in [4.78, 5) is 19.7. The Balaban J connectivity index is 1.44. The highest BCUT2D eigenvalue weighted by Gasteiger charge is 2.26. The van der Waals surface area contributed by atoms with Gasteiger partial charge in [0.15, 0.2) is 0 Å². The smallest absolute Gasteiger partial charge is 0.415 e. The van der Waals surface area contributed by atoms with Crippen LogP contribution in [-0.2, 0) is 13.7 Å². The number of methoxy groups -OCH3 is 1. The van der Waals surface area contributed by atoms with Gasteiger partial charge in [-0.2, -0.15) is 0 Å². The van der Waals surface area contributed by atoms with Crippen molar-refractivity contribution in [1.29, 1.82) is 0 Å². The number of carbonyl (C=O) groups is 1. The summed E-state index contributed by atoms with van der Waals surface area (Å²) in [5.41, 5.74) is 2.96. The van der Waals surface area contributed by atoms with Crippen LogP contribution in [0.1, 0.15) is 44.5 Å². The molecule has 1 aromatic heterocycles. The number of ether oxygens (including phenoxy) is 3. The lowest BCUT2D eigenvalue weighted by Crippen LogP contribution is -2.37. The number of hydrogen-bond donors (Lipinski definition) is 0. The van der Waals surface area contributed by atoms with Gasteiger partial charge in [-0.15, -0.1) is 0 Å². The molecule has 7 nitrogen and oxygen atoms in total. The first kappa shape index (κ1) is 27.8. The van der Waals surface area contributed by atoms with Gasteiger partial charge in [-0.05, 0) is 61.2 Å². The Hall–Kier alpha value is -4.26. The van der Waals surface area contributed by atoms with Gasteiger partial charge in [0.1, 0.15) is 29.7 Å². The van der Waals surface area contributed by atoms with Crippen LogP contribution in [0.2, 0.25) is 0 Å². The quantitative estimate of drug-likeness (QED) is 0.205. The van der Waals surface area contributed by atoms with E-state index in [1.165, 1.54) is 0 Å². The molecular formula is C32H37N3O4. The van der Waals surface area contributed by atoms with Crippen LogP contribution in [0.15, 0.2) is 85.1 Å². The molecular weight excluding hydrogens is 490 g/mol. The third kappa shape index (κ3) is 7.19. The van der Waals surface area contributed by atoms with E-state index in [1.54, 1.807) is 36.3 Å². The monoisotopic (exact) mass is 527 g/mol. The van der Waals surface area contributed by atoms with Crippen molar-refractivity contribution in [3.05, 3.63) is 96.3 Å². The van der Waals surface area contributed by atoms with Crippen molar-refractivity contribution in [3.63, 3.8) is 0 Å². The number of benzene rings is 3. The standard InChI is InChI=1S/C32H37N3O4/c1-6-35(32(36)39-29-18-16-27(37-5)17-19-29)30(20-23(2)3)24-12-14-28(15-13-24)38-22-26-21-34(4)31(33-26)25-10-8-7-9-11-25/h7-19,21,23,30H,6,20,22H2,1-5H3/t30-/m0/s1. The molecule has 0 saturated carbocycles. The Morgan fingerprint density at radius 2 is 1.56 bits per heavy atom. The Morgan fingerprint density at radius 1 is 0.923 bits per heavy atom.